The number of nitrogens with zero attached hydrogens (tertiary/aromatic N) is 2. The molecule has 0 atom stereocenters. The van der Waals surface area contributed by atoms with Crippen LogP contribution in [0.2, 0.25) is 0 Å². The van der Waals surface area contributed by atoms with E-state index in [-0.39, 0.29) is 5.56 Å². The number of aryl methyl sites for hydroxylation is 1. The molecule has 1 aromatic heterocycles. The van der Waals surface area contributed by atoms with Crippen LogP contribution in [0.5, 0.6) is 0 Å². The molecule has 0 aliphatic heterocycles. The summed E-state index contributed by atoms with van der Waals surface area (Å²) < 4.78 is 1.64. The minimum Gasteiger partial charge on any atom is -0.358 e. The molecule has 0 radical (unpaired) electrons. The van der Waals surface area contributed by atoms with Crippen molar-refractivity contribution in [2.45, 2.75) is 38.8 Å². The molecule has 0 saturated carbocycles. The van der Waals surface area contributed by atoms with Crippen LogP contribution in [0.3, 0.4) is 0 Å². The average molecular weight is 292 g/mol. The molecule has 0 spiro atoms. The molecule has 0 amide bonds. The normalized spacial score (nSPS) is 11.6. The minimum atomic E-state index is -0.485. The Kier molecular flexibility index (Phi) is 5.96. The molecule has 1 rings (SSSR count). The molecule has 18 heavy (non-hydrogen) atoms. The molecule has 0 unspecified atom stereocenters. The van der Waals surface area contributed by atoms with E-state index in [9.17, 15) is 4.79 Å². The van der Waals surface area contributed by atoms with Gasteiger partial charge in [-0.15, -0.1) is 23.2 Å². The highest BCUT2D eigenvalue weighted by molar-refractivity contribution is 6.22. The summed E-state index contributed by atoms with van der Waals surface area (Å²) in [4.78, 5) is 16.2. The SMILES string of the molecule is CCCn1ccnc(NC(CC)(CCl)CCl)c1=O. The number of aromatic nitrogens is 2. The van der Waals surface area contributed by atoms with E-state index in [1.165, 1.54) is 0 Å². The van der Waals surface area contributed by atoms with Gasteiger partial charge in [0, 0.05) is 30.7 Å². The molecular formula is C12H19Cl2N3O. The van der Waals surface area contributed by atoms with Gasteiger partial charge in [-0.1, -0.05) is 13.8 Å². The highest BCUT2D eigenvalue weighted by atomic mass is 35.5. The molecule has 6 heteroatoms. The standard InChI is InChI=1S/C12H19Cl2N3O/c1-3-6-17-7-5-15-10(11(17)18)16-12(4-2,8-13)9-14/h5,7H,3-4,6,8-9H2,1-2H3,(H,15,16). The second-order valence-electron chi connectivity index (χ2n) is 4.30. The topological polar surface area (TPSA) is 46.9 Å². The molecule has 0 aliphatic rings. The Morgan fingerprint density at radius 1 is 1.39 bits per heavy atom. The van der Waals surface area contributed by atoms with Crippen LogP contribution in [0.25, 0.3) is 0 Å². The van der Waals surface area contributed by atoms with Gasteiger partial charge in [-0.3, -0.25) is 4.79 Å². The number of halogens is 2. The van der Waals surface area contributed by atoms with Crippen LogP contribution in [-0.2, 0) is 6.54 Å². The summed E-state index contributed by atoms with van der Waals surface area (Å²) in [5.41, 5.74) is -0.617. The monoisotopic (exact) mass is 291 g/mol. The van der Waals surface area contributed by atoms with Gasteiger partial charge in [-0.2, -0.15) is 0 Å². The van der Waals surface area contributed by atoms with Crippen molar-refractivity contribution in [3.8, 4) is 0 Å². The molecule has 1 N–H and O–H groups in total. The van der Waals surface area contributed by atoms with Crippen LogP contribution in [0, 0.1) is 0 Å². The Labute approximate surface area is 117 Å². The Hall–Kier alpha value is -0.740. The van der Waals surface area contributed by atoms with E-state index in [1.54, 1.807) is 17.0 Å². The summed E-state index contributed by atoms with van der Waals surface area (Å²) in [6, 6.07) is 0. The number of nitrogens with one attached hydrogen (secondary N) is 1. The maximum Gasteiger partial charge on any atom is 0.293 e. The van der Waals surface area contributed by atoms with E-state index in [4.69, 9.17) is 23.2 Å². The maximum absolute atomic E-state index is 12.1. The maximum atomic E-state index is 12.1. The van der Waals surface area contributed by atoms with Gasteiger partial charge in [0.1, 0.15) is 0 Å². The fourth-order valence-electron chi connectivity index (χ4n) is 1.58. The van der Waals surface area contributed by atoms with Crippen LogP contribution < -0.4 is 10.9 Å². The predicted octanol–water partition coefficient (Wildman–Crippen LogP) is 2.69. The number of hydrogen-bond donors (Lipinski definition) is 1. The van der Waals surface area contributed by atoms with Gasteiger partial charge in [0.2, 0.25) is 0 Å². The third kappa shape index (κ3) is 3.39. The van der Waals surface area contributed by atoms with Crippen molar-refractivity contribution in [1.82, 2.24) is 9.55 Å². The lowest BCUT2D eigenvalue weighted by atomic mass is 10.0. The molecule has 102 valence electrons. The first-order valence-corrected chi connectivity index (χ1v) is 7.15. The summed E-state index contributed by atoms with van der Waals surface area (Å²) in [6.07, 6.45) is 4.92. The lowest BCUT2D eigenvalue weighted by molar-refractivity contribution is 0.553. The number of alkyl halides is 2. The van der Waals surface area contributed by atoms with Gasteiger partial charge in [0.25, 0.3) is 5.56 Å². The fraction of sp³-hybridized carbons (Fsp3) is 0.667. The van der Waals surface area contributed by atoms with Crippen LogP contribution in [0.15, 0.2) is 17.2 Å². The first-order valence-electron chi connectivity index (χ1n) is 6.08. The lowest BCUT2D eigenvalue weighted by Crippen LogP contribution is -2.44. The van der Waals surface area contributed by atoms with Crippen molar-refractivity contribution >= 4 is 29.0 Å². The van der Waals surface area contributed by atoms with Gasteiger partial charge in [0.05, 0.1) is 5.54 Å². The third-order valence-electron chi connectivity index (χ3n) is 2.95. The first-order chi connectivity index (χ1) is 8.62. The van der Waals surface area contributed by atoms with Crippen molar-refractivity contribution in [2.75, 3.05) is 17.1 Å². The van der Waals surface area contributed by atoms with Crippen molar-refractivity contribution in [2.24, 2.45) is 0 Å². The quantitative estimate of drug-likeness (QED) is 0.786. The highest BCUT2D eigenvalue weighted by Crippen LogP contribution is 2.19. The van der Waals surface area contributed by atoms with Gasteiger partial charge < -0.3 is 9.88 Å². The minimum absolute atomic E-state index is 0.132. The second kappa shape index (κ2) is 7.00. The van der Waals surface area contributed by atoms with E-state index in [0.29, 0.717) is 24.1 Å². The summed E-state index contributed by atoms with van der Waals surface area (Å²) in [7, 11) is 0. The van der Waals surface area contributed by atoms with E-state index in [2.05, 4.69) is 10.3 Å². The summed E-state index contributed by atoms with van der Waals surface area (Å²) in [6.45, 7) is 4.68. The van der Waals surface area contributed by atoms with Crippen LogP contribution in [-0.4, -0.2) is 26.9 Å². The largest absolute Gasteiger partial charge is 0.358 e. The molecule has 0 aliphatic carbocycles. The first kappa shape index (κ1) is 15.3. The van der Waals surface area contributed by atoms with Crippen molar-refractivity contribution in [3.63, 3.8) is 0 Å². The van der Waals surface area contributed by atoms with Crippen molar-refractivity contribution in [3.05, 3.63) is 22.7 Å². The molecular weight excluding hydrogens is 273 g/mol. The summed E-state index contributed by atoms with van der Waals surface area (Å²) in [5, 5.41) is 3.10. The molecule has 0 fully saturated rings. The lowest BCUT2D eigenvalue weighted by Gasteiger charge is -2.29. The zero-order valence-electron chi connectivity index (χ0n) is 10.7. The van der Waals surface area contributed by atoms with Crippen LogP contribution in [0.4, 0.5) is 5.82 Å². The Morgan fingerprint density at radius 3 is 2.56 bits per heavy atom. The molecule has 0 saturated heterocycles. The molecule has 0 aromatic carbocycles. The van der Waals surface area contributed by atoms with E-state index < -0.39 is 5.54 Å². The Morgan fingerprint density at radius 2 is 2.06 bits per heavy atom. The van der Waals surface area contributed by atoms with Crippen molar-refractivity contribution < 1.29 is 0 Å². The van der Waals surface area contributed by atoms with Crippen LogP contribution in [0.1, 0.15) is 26.7 Å². The highest BCUT2D eigenvalue weighted by Gasteiger charge is 2.27. The fourth-order valence-corrected chi connectivity index (χ4v) is 2.38. The molecule has 4 nitrogen and oxygen atoms in total. The van der Waals surface area contributed by atoms with Gasteiger partial charge in [-0.25, -0.2) is 4.98 Å². The zero-order valence-corrected chi connectivity index (χ0v) is 12.3. The van der Waals surface area contributed by atoms with Crippen LogP contribution >= 0.6 is 23.2 Å². The smallest absolute Gasteiger partial charge is 0.293 e. The van der Waals surface area contributed by atoms with E-state index >= 15 is 0 Å². The second-order valence-corrected chi connectivity index (χ2v) is 4.84. The van der Waals surface area contributed by atoms with E-state index in [1.807, 2.05) is 13.8 Å². The third-order valence-corrected chi connectivity index (χ3v) is 3.97. The van der Waals surface area contributed by atoms with Gasteiger partial charge in [0.15, 0.2) is 5.82 Å². The molecule has 0 bridgehead atoms. The summed E-state index contributed by atoms with van der Waals surface area (Å²) >= 11 is 11.9. The molecule has 1 heterocycles. The Bertz CT molecular complexity index is 421. The summed E-state index contributed by atoms with van der Waals surface area (Å²) in [5.74, 6) is 0.974. The van der Waals surface area contributed by atoms with Crippen molar-refractivity contribution in [1.29, 1.82) is 0 Å². The molecule has 1 aromatic rings. The zero-order chi connectivity index (χ0) is 13.6. The average Bonchev–Trinajstić information content (AvgIpc) is 2.41. The predicted molar refractivity (Wildman–Crippen MR) is 76.9 cm³/mol. The Balaban J connectivity index is 3.04. The van der Waals surface area contributed by atoms with Gasteiger partial charge >= 0.3 is 0 Å². The number of rotatable bonds is 7. The van der Waals surface area contributed by atoms with E-state index in [0.717, 1.165) is 12.8 Å². The van der Waals surface area contributed by atoms with Gasteiger partial charge in [-0.05, 0) is 12.8 Å². The number of anilines is 1. The number of hydrogen-bond acceptors (Lipinski definition) is 3.